The number of nitrogens with zero attached hydrogens (tertiary/aromatic N) is 1. The molecule has 0 spiro atoms. The molecule has 1 aliphatic heterocycles. The van der Waals surface area contributed by atoms with Crippen molar-refractivity contribution in [2.75, 3.05) is 6.54 Å². The minimum atomic E-state index is -0.844. The van der Waals surface area contributed by atoms with Gasteiger partial charge in [0.25, 0.3) is 0 Å². The lowest BCUT2D eigenvalue weighted by Gasteiger charge is -2.11. The van der Waals surface area contributed by atoms with Crippen LogP contribution in [-0.4, -0.2) is 11.5 Å². The topological polar surface area (TPSA) is 24.9 Å². The number of aromatic nitrogens is 1. The Labute approximate surface area is 110 Å². The van der Waals surface area contributed by atoms with Crippen LogP contribution in [0.1, 0.15) is 24.6 Å². The molecule has 0 aliphatic carbocycles. The van der Waals surface area contributed by atoms with E-state index >= 15 is 0 Å². The molecule has 2 aromatic rings. The van der Waals surface area contributed by atoms with E-state index in [-0.39, 0.29) is 6.04 Å². The molecule has 1 atom stereocenters. The van der Waals surface area contributed by atoms with E-state index in [2.05, 4.69) is 10.3 Å². The summed E-state index contributed by atoms with van der Waals surface area (Å²) < 4.78 is 26.2. The lowest BCUT2D eigenvalue weighted by Crippen LogP contribution is -2.14. The summed E-state index contributed by atoms with van der Waals surface area (Å²) in [5, 5.41) is 3.38. The standard InChI is InChI=1S/C15H14F2N2/c16-11-7-6-10(9-12(11)17)13-3-1-4-15(19-13)14-5-2-8-18-14/h1,3-4,6-7,9,14,18H,2,5,8H2. The van der Waals surface area contributed by atoms with E-state index in [0.717, 1.165) is 31.1 Å². The highest BCUT2D eigenvalue weighted by Crippen LogP contribution is 2.25. The van der Waals surface area contributed by atoms with Crippen LogP contribution >= 0.6 is 0 Å². The SMILES string of the molecule is Fc1ccc(-c2cccc(C3CCCN3)n2)cc1F. The van der Waals surface area contributed by atoms with Crippen LogP contribution in [0.5, 0.6) is 0 Å². The van der Waals surface area contributed by atoms with Crippen molar-refractivity contribution in [2.45, 2.75) is 18.9 Å². The highest BCUT2D eigenvalue weighted by molar-refractivity contribution is 5.59. The summed E-state index contributed by atoms with van der Waals surface area (Å²) in [5.41, 5.74) is 2.23. The summed E-state index contributed by atoms with van der Waals surface area (Å²) >= 11 is 0. The summed E-state index contributed by atoms with van der Waals surface area (Å²) in [5.74, 6) is -1.68. The van der Waals surface area contributed by atoms with Crippen LogP contribution in [0.2, 0.25) is 0 Å². The Morgan fingerprint density at radius 3 is 2.74 bits per heavy atom. The maximum Gasteiger partial charge on any atom is 0.159 e. The molecule has 1 saturated heterocycles. The van der Waals surface area contributed by atoms with Crippen molar-refractivity contribution >= 4 is 0 Å². The molecular formula is C15H14F2N2. The summed E-state index contributed by atoms with van der Waals surface area (Å²) in [6.07, 6.45) is 2.20. The third-order valence-electron chi connectivity index (χ3n) is 3.40. The van der Waals surface area contributed by atoms with Crippen LogP contribution in [0.3, 0.4) is 0 Å². The summed E-state index contributed by atoms with van der Waals surface area (Å²) in [6.45, 7) is 1.00. The van der Waals surface area contributed by atoms with E-state index < -0.39 is 11.6 Å². The molecule has 1 unspecified atom stereocenters. The van der Waals surface area contributed by atoms with Gasteiger partial charge >= 0.3 is 0 Å². The largest absolute Gasteiger partial charge is 0.309 e. The number of hydrogen-bond donors (Lipinski definition) is 1. The second kappa shape index (κ2) is 5.05. The number of hydrogen-bond acceptors (Lipinski definition) is 2. The molecule has 19 heavy (non-hydrogen) atoms. The van der Waals surface area contributed by atoms with Crippen LogP contribution in [0.25, 0.3) is 11.3 Å². The molecule has 1 aromatic heterocycles. The average Bonchev–Trinajstić information content (AvgIpc) is 2.96. The van der Waals surface area contributed by atoms with Crippen molar-refractivity contribution in [3.8, 4) is 11.3 Å². The van der Waals surface area contributed by atoms with E-state index in [0.29, 0.717) is 11.3 Å². The minimum absolute atomic E-state index is 0.269. The summed E-state index contributed by atoms with van der Waals surface area (Å²) in [6, 6.07) is 9.81. The molecule has 0 radical (unpaired) electrons. The lowest BCUT2D eigenvalue weighted by molar-refractivity contribution is 0.509. The van der Waals surface area contributed by atoms with Gasteiger partial charge in [0.15, 0.2) is 11.6 Å². The van der Waals surface area contributed by atoms with Gasteiger partial charge in [0, 0.05) is 11.6 Å². The van der Waals surface area contributed by atoms with Crippen molar-refractivity contribution in [3.05, 3.63) is 53.7 Å². The lowest BCUT2D eigenvalue weighted by atomic mass is 10.1. The molecule has 98 valence electrons. The molecule has 2 heterocycles. The van der Waals surface area contributed by atoms with Gasteiger partial charge in [0.05, 0.1) is 11.4 Å². The zero-order valence-electron chi connectivity index (χ0n) is 10.4. The molecule has 4 heteroatoms. The fraction of sp³-hybridized carbons (Fsp3) is 0.267. The van der Waals surface area contributed by atoms with E-state index in [4.69, 9.17) is 0 Å². The third-order valence-corrected chi connectivity index (χ3v) is 3.40. The molecule has 1 aliphatic rings. The summed E-state index contributed by atoms with van der Waals surface area (Å²) in [7, 11) is 0. The molecular weight excluding hydrogens is 246 g/mol. The zero-order valence-corrected chi connectivity index (χ0v) is 10.4. The van der Waals surface area contributed by atoms with E-state index in [1.807, 2.05) is 18.2 Å². The van der Waals surface area contributed by atoms with Crippen LogP contribution in [0, 0.1) is 11.6 Å². The van der Waals surface area contributed by atoms with E-state index in [1.54, 1.807) is 6.07 Å². The molecule has 3 rings (SSSR count). The monoisotopic (exact) mass is 260 g/mol. The third kappa shape index (κ3) is 2.49. The van der Waals surface area contributed by atoms with Gasteiger partial charge in [-0.05, 0) is 49.7 Å². The second-order valence-corrected chi connectivity index (χ2v) is 4.73. The van der Waals surface area contributed by atoms with Gasteiger partial charge in [-0.3, -0.25) is 4.98 Å². The highest BCUT2D eigenvalue weighted by Gasteiger charge is 2.17. The maximum absolute atomic E-state index is 13.3. The van der Waals surface area contributed by atoms with Gasteiger partial charge in [0.1, 0.15) is 0 Å². The molecule has 1 aromatic carbocycles. The van der Waals surface area contributed by atoms with Crippen LogP contribution in [0.15, 0.2) is 36.4 Å². The average molecular weight is 260 g/mol. The van der Waals surface area contributed by atoms with Crippen LogP contribution in [-0.2, 0) is 0 Å². The fourth-order valence-corrected chi connectivity index (χ4v) is 2.40. The molecule has 1 N–H and O–H groups in total. The van der Waals surface area contributed by atoms with Gasteiger partial charge in [-0.1, -0.05) is 6.07 Å². The minimum Gasteiger partial charge on any atom is -0.309 e. The van der Waals surface area contributed by atoms with Crippen molar-refractivity contribution < 1.29 is 8.78 Å². The maximum atomic E-state index is 13.3. The van der Waals surface area contributed by atoms with Crippen molar-refractivity contribution in [1.82, 2.24) is 10.3 Å². The fourth-order valence-electron chi connectivity index (χ4n) is 2.40. The first-order valence-electron chi connectivity index (χ1n) is 6.40. The Morgan fingerprint density at radius 2 is 2.00 bits per heavy atom. The van der Waals surface area contributed by atoms with Gasteiger partial charge in [-0.15, -0.1) is 0 Å². The Balaban J connectivity index is 1.95. The number of pyridine rings is 1. The smallest absolute Gasteiger partial charge is 0.159 e. The van der Waals surface area contributed by atoms with Crippen LogP contribution in [0.4, 0.5) is 8.78 Å². The predicted molar refractivity (Wildman–Crippen MR) is 69.6 cm³/mol. The number of rotatable bonds is 2. The quantitative estimate of drug-likeness (QED) is 0.894. The Bertz CT molecular complexity index is 592. The first-order valence-corrected chi connectivity index (χ1v) is 6.40. The molecule has 0 saturated carbocycles. The predicted octanol–water partition coefficient (Wildman–Crippen LogP) is 3.45. The normalized spacial score (nSPS) is 18.7. The number of halogens is 2. The molecule has 0 amide bonds. The second-order valence-electron chi connectivity index (χ2n) is 4.73. The van der Waals surface area contributed by atoms with Gasteiger partial charge in [0.2, 0.25) is 0 Å². The molecule has 2 nitrogen and oxygen atoms in total. The van der Waals surface area contributed by atoms with Gasteiger partial charge < -0.3 is 5.32 Å². The highest BCUT2D eigenvalue weighted by atomic mass is 19.2. The van der Waals surface area contributed by atoms with Gasteiger partial charge in [-0.25, -0.2) is 8.78 Å². The molecule has 0 bridgehead atoms. The Morgan fingerprint density at radius 1 is 1.11 bits per heavy atom. The number of nitrogens with one attached hydrogen (secondary N) is 1. The van der Waals surface area contributed by atoms with Crippen LogP contribution < -0.4 is 5.32 Å². The first-order chi connectivity index (χ1) is 9.24. The van der Waals surface area contributed by atoms with Crippen molar-refractivity contribution in [3.63, 3.8) is 0 Å². The van der Waals surface area contributed by atoms with Crippen molar-refractivity contribution in [2.24, 2.45) is 0 Å². The Hall–Kier alpha value is -1.81. The molecule has 1 fully saturated rings. The number of benzene rings is 1. The van der Waals surface area contributed by atoms with Gasteiger partial charge in [-0.2, -0.15) is 0 Å². The summed E-state index contributed by atoms with van der Waals surface area (Å²) in [4.78, 5) is 4.54. The van der Waals surface area contributed by atoms with E-state index in [9.17, 15) is 8.78 Å². The zero-order chi connectivity index (χ0) is 13.2. The van der Waals surface area contributed by atoms with E-state index in [1.165, 1.54) is 6.07 Å². The first kappa shape index (κ1) is 12.2. The Kier molecular flexibility index (Phi) is 3.25. The van der Waals surface area contributed by atoms with Crippen molar-refractivity contribution in [1.29, 1.82) is 0 Å².